The van der Waals surface area contributed by atoms with E-state index >= 15 is 0 Å². The monoisotopic (exact) mass is 368 g/mol. The average Bonchev–Trinajstić information content (AvgIpc) is 3.09. The first-order chi connectivity index (χ1) is 13.7. The van der Waals surface area contributed by atoms with E-state index in [0.29, 0.717) is 12.1 Å². The SMILES string of the molecule is Cn1c(-c2ccc(CNC(=O)c3cnc(C#N)nc3)cc2)nc2ccccc21. The van der Waals surface area contributed by atoms with Gasteiger partial charge in [0.1, 0.15) is 11.9 Å². The molecule has 0 fully saturated rings. The molecule has 136 valence electrons. The number of nitrogens with one attached hydrogen (secondary N) is 1. The van der Waals surface area contributed by atoms with Crippen molar-refractivity contribution in [3.05, 3.63) is 77.9 Å². The molecular formula is C21H16N6O. The van der Waals surface area contributed by atoms with Crippen molar-refractivity contribution >= 4 is 16.9 Å². The van der Waals surface area contributed by atoms with Crippen molar-refractivity contribution in [2.75, 3.05) is 0 Å². The van der Waals surface area contributed by atoms with Crippen LogP contribution in [0.4, 0.5) is 0 Å². The standard InChI is InChI=1S/C21H16N6O/c1-27-18-5-3-2-4-17(18)26-20(27)15-8-6-14(7-9-15)11-25-21(28)16-12-23-19(10-22)24-13-16/h2-9,12-13H,11H2,1H3,(H,25,28). The highest BCUT2D eigenvalue weighted by atomic mass is 16.1. The molecule has 7 heteroatoms. The molecule has 4 aromatic rings. The number of aromatic nitrogens is 4. The van der Waals surface area contributed by atoms with Gasteiger partial charge >= 0.3 is 0 Å². The van der Waals surface area contributed by atoms with Gasteiger partial charge in [0.25, 0.3) is 5.91 Å². The molecule has 7 nitrogen and oxygen atoms in total. The fourth-order valence-corrected chi connectivity index (χ4v) is 2.96. The number of nitriles is 1. The van der Waals surface area contributed by atoms with Crippen molar-refractivity contribution in [2.45, 2.75) is 6.54 Å². The van der Waals surface area contributed by atoms with Crippen molar-refractivity contribution < 1.29 is 4.79 Å². The summed E-state index contributed by atoms with van der Waals surface area (Å²) in [5.74, 6) is 0.643. The molecule has 2 aromatic carbocycles. The Balaban J connectivity index is 1.46. The summed E-state index contributed by atoms with van der Waals surface area (Å²) < 4.78 is 2.07. The van der Waals surface area contributed by atoms with Crippen molar-refractivity contribution in [1.29, 1.82) is 5.26 Å². The molecule has 0 unspecified atom stereocenters. The predicted molar refractivity (Wildman–Crippen MR) is 104 cm³/mol. The zero-order valence-corrected chi connectivity index (χ0v) is 15.1. The first-order valence-corrected chi connectivity index (χ1v) is 8.67. The molecule has 0 spiro atoms. The van der Waals surface area contributed by atoms with E-state index in [2.05, 4.69) is 19.9 Å². The molecule has 0 radical (unpaired) electrons. The minimum absolute atomic E-state index is 0.0362. The second kappa shape index (κ2) is 7.29. The summed E-state index contributed by atoms with van der Waals surface area (Å²) in [5.41, 5.74) is 4.33. The van der Waals surface area contributed by atoms with E-state index in [-0.39, 0.29) is 11.7 Å². The van der Waals surface area contributed by atoms with Crippen LogP contribution < -0.4 is 5.32 Å². The van der Waals surface area contributed by atoms with Gasteiger partial charge in [-0.15, -0.1) is 0 Å². The largest absolute Gasteiger partial charge is 0.348 e. The van der Waals surface area contributed by atoms with E-state index < -0.39 is 0 Å². The number of amides is 1. The van der Waals surface area contributed by atoms with Crippen LogP contribution in [0.1, 0.15) is 21.7 Å². The van der Waals surface area contributed by atoms with E-state index in [1.54, 1.807) is 0 Å². The van der Waals surface area contributed by atoms with Gasteiger partial charge in [-0.3, -0.25) is 4.79 Å². The number of para-hydroxylation sites is 2. The number of nitrogens with zero attached hydrogens (tertiary/aromatic N) is 5. The highest BCUT2D eigenvalue weighted by Crippen LogP contribution is 2.23. The fraction of sp³-hybridized carbons (Fsp3) is 0.0952. The number of benzene rings is 2. The van der Waals surface area contributed by atoms with Crippen LogP contribution >= 0.6 is 0 Å². The van der Waals surface area contributed by atoms with Gasteiger partial charge in [-0.25, -0.2) is 15.0 Å². The zero-order chi connectivity index (χ0) is 19.5. The Labute approximate surface area is 161 Å². The summed E-state index contributed by atoms with van der Waals surface area (Å²) in [6.07, 6.45) is 2.69. The Hall–Kier alpha value is -4.05. The molecule has 0 aliphatic rings. The topological polar surface area (TPSA) is 96.5 Å². The summed E-state index contributed by atoms with van der Waals surface area (Å²) in [6.45, 7) is 0.377. The van der Waals surface area contributed by atoms with Crippen LogP contribution in [0.15, 0.2) is 60.9 Å². The predicted octanol–water partition coefficient (Wildman–Crippen LogP) is 2.83. The lowest BCUT2D eigenvalue weighted by atomic mass is 10.1. The molecule has 0 saturated carbocycles. The number of hydrogen-bond donors (Lipinski definition) is 1. The normalized spacial score (nSPS) is 10.6. The van der Waals surface area contributed by atoms with Crippen molar-refractivity contribution in [3.8, 4) is 17.5 Å². The third kappa shape index (κ3) is 3.31. The Morgan fingerprint density at radius 1 is 1.11 bits per heavy atom. The van der Waals surface area contributed by atoms with Crippen LogP contribution in [-0.4, -0.2) is 25.4 Å². The van der Waals surface area contributed by atoms with E-state index in [0.717, 1.165) is 28.0 Å². The van der Waals surface area contributed by atoms with Gasteiger partial charge in [-0.1, -0.05) is 36.4 Å². The van der Waals surface area contributed by atoms with Gasteiger partial charge < -0.3 is 9.88 Å². The molecule has 0 bridgehead atoms. The third-order valence-electron chi connectivity index (χ3n) is 4.47. The Kier molecular flexibility index (Phi) is 4.52. The lowest BCUT2D eigenvalue weighted by Gasteiger charge is -2.07. The fourth-order valence-electron chi connectivity index (χ4n) is 2.96. The van der Waals surface area contributed by atoms with E-state index in [4.69, 9.17) is 10.2 Å². The van der Waals surface area contributed by atoms with Crippen LogP contribution in [0, 0.1) is 11.3 Å². The molecular weight excluding hydrogens is 352 g/mol. The van der Waals surface area contributed by atoms with E-state index in [1.165, 1.54) is 12.4 Å². The number of carbonyl (C=O) groups is 1. The maximum absolute atomic E-state index is 12.2. The Bertz CT molecular complexity index is 1190. The average molecular weight is 368 g/mol. The number of imidazole rings is 1. The molecule has 1 N–H and O–H groups in total. The molecule has 2 heterocycles. The van der Waals surface area contributed by atoms with Gasteiger partial charge in [-0.05, 0) is 17.7 Å². The van der Waals surface area contributed by atoms with Gasteiger partial charge in [0.05, 0.1) is 16.6 Å². The van der Waals surface area contributed by atoms with Crippen LogP contribution in [0.5, 0.6) is 0 Å². The van der Waals surface area contributed by atoms with Gasteiger partial charge in [0.2, 0.25) is 5.82 Å². The summed E-state index contributed by atoms with van der Waals surface area (Å²) in [7, 11) is 2.00. The zero-order valence-electron chi connectivity index (χ0n) is 15.1. The quantitative estimate of drug-likeness (QED) is 0.597. The van der Waals surface area contributed by atoms with Crippen molar-refractivity contribution in [2.24, 2.45) is 7.05 Å². The highest BCUT2D eigenvalue weighted by Gasteiger charge is 2.10. The van der Waals surface area contributed by atoms with Crippen LogP contribution in [-0.2, 0) is 13.6 Å². The maximum Gasteiger partial charge on any atom is 0.254 e. The number of carbonyl (C=O) groups excluding carboxylic acids is 1. The summed E-state index contributed by atoms with van der Waals surface area (Å²) >= 11 is 0. The Morgan fingerprint density at radius 3 is 2.50 bits per heavy atom. The number of aryl methyl sites for hydroxylation is 1. The number of rotatable bonds is 4. The van der Waals surface area contributed by atoms with Gasteiger partial charge in [0, 0.05) is 31.5 Å². The third-order valence-corrected chi connectivity index (χ3v) is 4.47. The minimum Gasteiger partial charge on any atom is -0.348 e. The smallest absolute Gasteiger partial charge is 0.254 e. The second-order valence-electron chi connectivity index (χ2n) is 6.27. The lowest BCUT2D eigenvalue weighted by Crippen LogP contribution is -2.23. The molecule has 0 saturated heterocycles. The molecule has 28 heavy (non-hydrogen) atoms. The maximum atomic E-state index is 12.2. The molecule has 4 rings (SSSR count). The summed E-state index contributed by atoms with van der Waals surface area (Å²) in [4.78, 5) is 24.5. The summed E-state index contributed by atoms with van der Waals surface area (Å²) in [6, 6.07) is 17.7. The molecule has 0 aliphatic heterocycles. The lowest BCUT2D eigenvalue weighted by molar-refractivity contribution is 0.0950. The van der Waals surface area contributed by atoms with E-state index in [9.17, 15) is 4.79 Å². The second-order valence-corrected chi connectivity index (χ2v) is 6.27. The first kappa shape index (κ1) is 17.4. The van der Waals surface area contributed by atoms with Crippen molar-refractivity contribution in [1.82, 2.24) is 24.8 Å². The molecule has 1 amide bonds. The van der Waals surface area contributed by atoms with Gasteiger partial charge in [0.15, 0.2) is 0 Å². The van der Waals surface area contributed by atoms with Crippen LogP contribution in [0.2, 0.25) is 0 Å². The van der Waals surface area contributed by atoms with E-state index in [1.807, 2.05) is 61.6 Å². The van der Waals surface area contributed by atoms with Gasteiger partial charge in [-0.2, -0.15) is 5.26 Å². The van der Waals surface area contributed by atoms with Crippen LogP contribution in [0.25, 0.3) is 22.4 Å². The Morgan fingerprint density at radius 2 is 1.82 bits per heavy atom. The minimum atomic E-state index is -0.288. The highest BCUT2D eigenvalue weighted by molar-refractivity contribution is 5.93. The summed E-state index contributed by atoms with van der Waals surface area (Å²) in [5, 5.41) is 11.5. The van der Waals surface area contributed by atoms with Crippen molar-refractivity contribution in [3.63, 3.8) is 0 Å². The molecule has 0 atom stereocenters. The van der Waals surface area contributed by atoms with Crippen LogP contribution in [0.3, 0.4) is 0 Å². The molecule has 0 aliphatic carbocycles. The first-order valence-electron chi connectivity index (χ1n) is 8.67. The molecule has 2 aromatic heterocycles. The number of fused-ring (bicyclic) bond motifs is 1. The number of hydrogen-bond acceptors (Lipinski definition) is 5.